The second kappa shape index (κ2) is 11.1. The second-order valence-corrected chi connectivity index (χ2v) is 11.7. The van der Waals surface area contributed by atoms with Gasteiger partial charge in [0.1, 0.15) is 0 Å². The van der Waals surface area contributed by atoms with E-state index in [0.29, 0.717) is 18.5 Å². The Kier molecular flexibility index (Phi) is 10.2. The molecule has 1 atom stereocenters. The van der Waals surface area contributed by atoms with Gasteiger partial charge in [-0.3, -0.25) is 9.89 Å². The Morgan fingerprint density at radius 3 is 2.50 bits per heavy atom. The zero-order valence-corrected chi connectivity index (χ0v) is 21.5. The number of aliphatic imine (C=N–C) groups is 1. The highest BCUT2D eigenvalue weighted by molar-refractivity contribution is 14.0. The van der Waals surface area contributed by atoms with E-state index in [1.807, 2.05) is 0 Å². The summed E-state index contributed by atoms with van der Waals surface area (Å²) in [5.74, 6) is 1.43. The molecule has 28 heavy (non-hydrogen) atoms. The van der Waals surface area contributed by atoms with Gasteiger partial charge in [0.2, 0.25) is 0 Å². The standard InChI is InChI=1S/C19H34N4O2S2.HI/c1-15-8-10-23(11-9-15)16(17-7-6-12-26-17)13-21-18(20-4)22-14-19(2,3)27(5,24)25;/h6-7,12,15-16H,8-11,13-14H2,1-5H3,(H2,20,21,22);1H. The van der Waals surface area contributed by atoms with Crippen LogP contribution in [0.15, 0.2) is 22.5 Å². The molecule has 1 aromatic rings. The number of hydrogen-bond acceptors (Lipinski definition) is 5. The molecule has 0 bridgehead atoms. The summed E-state index contributed by atoms with van der Waals surface area (Å²) in [5, 5.41) is 8.69. The van der Waals surface area contributed by atoms with Crippen molar-refractivity contribution in [2.24, 2.45) is 10.9 Å². The molecule has 2 N–H and O–H groups in total. The summed E-state index contributed by atoms with van der Waals surface area (Å²) in [6, 6.07) is 4.60. The predicted molar refractivity (Wildman–Crippen MR) is 131 cm³/mol. The third-order valence-electron chi connectivity index (χ3n) is 5.50. The van der Waals surface area contributed by atoms with Gasteiger partial charge in [-0.15, -0.1) is 35.3 Å². The van der Waals surface area contributed by atoms with Crippen LogP contribution in [-0.4, -0.2) is 63.5 Å². The largest absolute Gasteiger partial charge is 0.355 e. The van der Waals surface area contributed by atoms with E-state index in [9.17, 15) is 8.42 Å². The first-order valence-electron chi connectivity index (χ1n) is 9.55. The molecule has 6 nitrogen and oxygen atoms in total. The Hall–Kier alpha value is -0.390. The van der Waals surface area contributed by atoms with Gasteiger partial charge in [-0.1, -0.05) is 13.0 Å². The van der Waals surface area contributed by atoms with Gasteiger partial charge in [0.15, 0.2) is 15.8 Å². The average Bonchev–Trinajstić information content (AvgIpc) is 3.12. The summed E-state index contributed by atoms with van der Waals surface area (Å²) < 4.78 is 23.0. The summed E-state index contributed by atoms with van der Waals surface area (Å²) in [7, 11) is -1.43. The van der Waals surface area contributed by atoms with E-state index < -0.39 is 14.6 Å². The van der Waals surface area contributed by atoms with Gasteiger partial charge >= 0.3 is 0 Å². The van der Waals surface area contributed by atoms with Crippen molar-refractivity contribution in [2.75, 3.05) is 39.5 Å². The zero-order chi connectivity index (χ0) is 20.1. The molecule has 1 unspecified atom stereocenters. The van der Waals surface area contributed by atoms with E-state index in [-0.39, 0.29) is 24.0 Å². The van der Waals surface area contributed by atoms with Crippen molar-refractivity contribution < 1.29 is 8.42 Å². The van der Waals surface area contributed by atoms with Gasteiger partial charge in [-0.05, 0) is 57.1 Å². The van der Waals surface area contributed by atoms with Crippen LogP contribution in [0.1, 0.15) is 44.5 Å². The third kappa shape index (κ3) is 7.14. The average molecular weight is 543 g/mol. The number of nitrogens with one attached hydrogen (secondary N) is 2. The minimum Gasteiger partial charge on any atom is -0.355 e. The summed E-state index contributed by atoms with van der Waals surface area (Å²) in [5.41, 5.74) is 0. The number of rotatable bonds is 7. The maximum Gasteiger partial charge on any atom is 0.191 e. The fraction of sp³-hybridized carbons (Fsp3) is 0.737. The van der Waals surface area contributed by atoms with Gasteiger partial charge in [0.25, 0.3) is 0 Å². The van der Waals surface area contributed by atoms with Gasteiger partial charge in [0.05, 0.1) is 10.8 Å². The molecule has 0 radical (unpaired) electrons. The van der Waals surface area contributed by atoms with Gasteiger partial charge in [-0.2, -0.15) is 0 Å². The fourth-order valence-corrected chi connectivity index (χ4v) is 4.27. The van der Waals surface area contributed by atoms with Crippen molar-refractivity contribution in [3.63, 3.8) is 0 Å². The molecule has 0 aliphatic carbocycles. The summed E-state index contributed by atoms with van der Waals surface area (Å²) in [6.45, 7) is 9.06. The number of piperidine rings is 1. The first kappa shape index (κ1) is 25.6. The van der Waals surface area contributed by atoms with E-state index in [4.69, 9.17) is 0 Å². The lowest BCUT2D eigenvalue weighted by molar-refractivity contribution is 0.140. The topological polar surface area (TPSA) is 73.8 Å². The van der Waals surface area contributed by atoms with Crippen LogP contribution in [0.25, 0.3) is 0 Å². The Bertz CT molecular complexity index is 712. The van der Waals surface area contributed by atoms with E-state index in [1.54, 1.807) is 32.2 Å². The summed E-state index contributed by atoms with van der Waals surface area (Å²) in [4.78, 5) is 8.17. The molecular formula is C19H35IN4O2S2. The molecule has 1 fully saturated rings. The third-order valence-corrected chi connectivity index (χ3v) is 8.63. The molecule has 9 heteroatoms. The SMILES string of the molecule is CN=C(NCC(c1cccs1)N1CCC(C)CC1)NCC(C)(C)S(C)(=O)=O.I. The van der Waals surface area contributed by atoms with Crippen LogP contribution in [0.2, 0.25) is 0 Å². The van der Waals surface area contributed by atoms with Crippen molar-refractivity contribution in [1.82, 2.24) is 15.5 Å². The zero-order valence-electron chi connectivity index (χ0n) is 17.6. The lowest BCUT2D eigenvalue weighted by Crippen LogP contribution is -2.49. The number of guanidine groups is 1. The summed E-state index contributed by atoms with van der Waals surface area (Å²) >= 11 is 1.78. The number of sulfone groups is 1. The molecule has 1 aliphatic rings. The number of hydrogen-bond donors (Lipinski definition) is 2. The van der Waals surface area contributed by atoms with E-state index in [1.165, 1.54) is 24.0 Å². The second-order valence-electron chi connectivity index (χ2n) is 8.09. The molecule has 0 spiro atoms. The Morgan fingerprint density at radius 2 is 2.00 bits per heavy atom. The van der Waals surface area contributed by atoms with Crippen LogP contribution in [0, 0.1) is 5.92 Å². The maximum atomic E-state index is 11.9. The molecule has 162 valence electrons. The smallest absolute Gasteiger partial charge is 0.191 e. The molecule has 0 amide bonds. The lowest BCUT2D eigenvalue weighted by atomic mass is 9.97. The predicted octanol–water partition coefficient (Wildman–Crippen LogP) is 3.13. The van der Waals surface area contributed by atoms with E-state index >= 15 is 0 Å². The number of halogens is 1. The highest BCUT2D eigenvalue weighted by atomic mass is 127. The van der Waals surface area contributed by atoms with Crippen LogP contribution in [-0.2, 0) is 9.84 Å². The molecule has 1 saturated heterocycles. The summed E-state index contributed by atoms with van der Waals surface area (Å²) in [6.07, 6.45) is 3.74. The van der Waals surface area contributed by atoms with Crippen LogP contribution in [0.5, 0.6) is 0 Å². The Labute approximate surface area is 191 Å². The lowest BCUT2D eigenvalue weighted by Gasteiger charge is -2.36. The van der Waals surface area contributed by atoms with Crippen LogP contribution in [0.3, 0.4) is 0 Å². The molecule has 2 heterocycles. The molecule has 1 aromatic heterocycles. The van der Waals surface area contributed by atoms with Crippen molar-refractivity contribution in [1.29, 1.82) is 0 Å². The molecular weight excluding hydrogens is 507 g/mol. The number of likely N-dealkylation sites (tertiary alicyclic amines) is 1. The Morgan fingerprint density at radius 1 is 1.36 bits per heavy atom. The van der Waals surface area contributed by atoms with E-state index in [0.717, 1.165) is 25.6 Å². The van der Waals surface area contributed by atoms with E-state index in [2.05, 4.69) is 45.0 Å². The highest BCUT2D eigenvalue weighted by Gasteiger charge is 2.30. The Balaban J connectivity index is 0.00000392. The quantitative estimate of drug-likeness (QED) is 0.315. The molecule has 0 saturated carbocycles. The van der Waals surface area contributed by atoms with Gasteiger partial charge in [0, 0.05) is 31.3 Å². The fourth-order valence-electron chi connectivity index (χ4n) is 3.07. The normalized spacial score (nSPS) is 18.4. The van der Waals surface area contributed by atoms with Crippen molar-refractivity contribution in [3.05, 3.63) is 22.4 Å². The first-order valence-corrected chi connectivity index (χ1v) is 12.3. The molecule has 0 aromatic carbocycles. The number of thiophene rings is 1. The van der Waals surface area contributed by atoms with Gasteiger partial charge in [-0.25, -0.2) is 8.42 Å². The highest BCUT2D eigenvalue weighted by Crippen LogP contribution is 2.29. The minimum absolute atomic E-state index is 0. The van der Waals surface area contributed by atoms with Crippen LogP contribution in [0.4, 0.5) is 0 Å². The molecule has 2 rings (SSSR count). The van der Waals surface area contributed by atoms with Crippen molar-refractivity contribution >= 4 is 51.1 Å². The van der Waals surface area contributed by atoms with Gasteiger partial charge < -0.3 is 10.6 Å². The number of nitrogens with zero attached hydrogens (tertiary/aromatic N) is 2. The molecule has 1 aliphatic heterocycles. The van der Waals surface area contributed by atoms with Crippen molar-refractivity contribution in [3.8, 4) is 0 Å². The van der Waals surface area contributed by atoms with Crippen LogP contribution >= 0.6 is 35.3 Å². The minimum atomic E-state index is -3.15. The van der Waals surface area contributed by atoms with Crippen molar-refractivity contribution in [2.45, 2.75) is 44.4 Å². The maximum absolute atomic E-state index is 11.9. The first-order chi connectivity index (χ1) is 12.6. The monoisotopic (exact) mass is 542 g/mol. The van der Waals surface area contributed by atoms with Crippen LogP contribution < -0.4 is 10.6 Å².